The largest absolute Gasteiger partial charge is 0.394 e. The van der Waals surface area contributed by atoms with Gasteiger partial charge in [0.05, 0.1) is 13.2 Å². The van der Waals surface area contributed by atoms with Gasteiger partial charge in [0.2, 0.25) is 5.79 Å². The van der Waals surface area contributed by atoms with Gasteiger partial charge in [-0.2, -0.15) is 0 Å². The van der Waals surface area contributed by atoms with Gasteiger partial charge >= 0.3 is 0 Å². The summed E-state index contributed by atoms with van der Waals surface area (Å²) < 4.78 is 15.4. The summed E-state index contributed by atoms with van der Waals surface area (Å²) in [5.41, 5.74) is 0. The smallest absolute Gasteiger partial charge is 0.224 e. The van der Waals surface area contributed by atoms with Crippen molar-refractivity contribution in [1.29, 1.82) is 0 Å². The molecule has 0 bridgehead atoms. The van der Waals surface area contributed by atoms with Crippen molar-refractivity contribution in [3.63, 3.8) is 0 Å². The highest BCUT2D eigenvalue weighted by Crippen LogP contribution is 2.35. The minimum absolute atomic E-state index is 0.669. The second-order valence-electron chi connectivity index (χ2n) is 5.56. The number of rotatable bonds is 5. The number of ether oxygens (including phenoxy) is 3. The van der Waals surface area contributed by atoms with E-state index < -0.39 is 74.6 Å². The zero-order valence-corrected chi connectivity index (χ0v) is 12.0. The van der Waals surface area contributed by atoms with Crippen LogP contribution in [0.25, 0.3) is 0 Å². The zero-order chi connectivity index (χ0) is 17.4. The molecule has 0 aliphatic carbocycles. The van der Waals surface area contributed by atoms with Crippen LogP contribution < -0.4 is 0 Å². The van der Waals surface area contributed by atoms with Gasteiger partial charge in [-0.25, -0.2) is 0 Å². The van der Waals surface area contributed by atoms with Gasteiger partial charge in [0.15, 0.2) is 6.29 Å². The Morgan fingerprint density at radius 3 is 1.87 bits per heavy atom. The van der Waals surface area contributed by atoms with E-state index in [0.29, 0.717) is 0 Å². The Balaban J connectivity index is 2.18. The van der Waals surface area contributed by atoms with Crippen LogP contribution in [-0.4, -0.2) is 115 Å². The molecule has 2 aliphatic rings. The predicted molar refractivity (Wildman–Crippen MR) is 68.6 cm³/mol. The Kier molecular flexibility index (Phi) is 5.92. The molecule has 8 N–H and O–H groups in total. The van der Waals surface area contributed by atoms with Crippen LogP contribution in [0.5, 0.6) is 0 Å². The van der Waals surface area contributed by atoms with Crippen LogP contribution in [0, 0.1) is 0 Å². The quantitative estimate of drug-likeness (QED) is 0.222. The van der Waals surface area contributed by atoms with Gasteiger partial charge in [0.25, 0.3) is 0 Å². The summed E-state index contributed by atoms with van der Waals surface area (Å²) >= 11 is 0. The first-order chi connectivity index (χ1) is 10.8. The van der Waals surface area contributed by atoms with E-state index in [9.17, 15) is 30.6 Å². The molecule has 0 unspecified atom stereocenters. The van der Waals surface area contributed by atoms with Gasteiger partial charge in [-0.1, -0.05) is 0 Å². The molecule has 9 atom stereocenters. The van der Waals surface area contributed by atoms with Gasteiger partial charge in [-0.3, -0.25) is 0 Å². The number of aliphatic hydroxyl groups excluding tert-OH is 8. The molecular formula is C12H22O11. The summed E-state index contributed by atoms with van der Waals surface area (Å²) in [6.07, 6.45) is -12.7. The maximum atomic E-state index is 10.00. The number of aliphatic hydroxyl groups is 8. The lowest BCUT2D eigenvalue weighted by molar-refractivity contribution is -0.383. The first-order valence-corrected chi connectivity index (χ1v) is 7.05. The maximum absolute atomic E-state index is 10.00. The summed E-state index contributed by atoms with van der Waals surface area (Å²) in [7, 11) is 0. The van der Waals surface area contributed by atoms with Crippen LogP contribution in [0.15, 0.2) is 0 Å². The fourth-order valence-corrected chi connectivity index (χ4v) is 2.63. The molecule has 0 radical (unpaired) electrons. The second kappa shape index (κ2) is 7.21. The average Bonchev–Trinajstić information content (AvgIpc) is 2.80. The molecule has 0 aromatic heterocycles. The van der Waals surface area contributed by atoms with Crippen molar-refractivity contribution >= 4 is 0 Å². The van der Waals surface area contributed by atoms with Crippen molar-refractivity contribution in [2.45, 2.75) is 54.8 Å². The highest BCUT2D eigenvalue weighted by molar-refractivity contribution is 4.98. The topological polar surface area (TPSA) is 190 Å². The summed E-state index contributed by atoms with van der Waals surface area (Å²) in [5.74, 6) is -2.22. The van der Waals surface area contributed by atoms with E-state index in [1.807, 2.05) is 0 Å². The molecule has 0 aromatic carbocycles. The summed E-state index contributed by atoms with van der Waals surface area (Å²) in [6, 6.07) is 0. The first-order valence-electron chi connectivity index (χ1n) is 7.05. The lowest BCUT2D eigenvalue weighted by Gasteiger charge is -2.43. The van der Waals surface area contributed by atoms with Crippen molar-refractivity contribution in [3.05, 3.63) is 0 Å². The Morgan fingerprint density at radius 2 is 1.39 bits per heavy atom. The van der Waals surface area contributed by atoms with E-state index in [4.69, 9.17) is 24.4 Å². The molecule has 0 saturated carbocycles. The van der Waals surface area contributed by atoms with Crippen LogP contribution in [0.3, 0.4) is 0 Å². The lowest BCUT2D eigenvalue weighted by atomic mass is 10.0. The summed E-state index contributed by atoms with van der Waals surface area (Å²) in [5, 5.41) is 76.7. The van der Waals surface area contributed by atoms with Crippen LogP contribution in [-0.2, 0) is 14.2 Å². The monoisotopic (exact) mass is 343 g/mol. The van der Waals surface area contributed by atoms with E-state index in [1.165, 1.54) is 0 Å². The normalized spacial score (nSPS) is 51.1. The molecule has 0 spiro atoms. The Morgan fingerprint density at radius 1 is 0.783 bits per heavy atom. The Bertz CT molecular complexity index is 393. The van der Waals surface area contributed by atoms with Crippen molar-refractivity contribution in [2.24, 2.45) is 0 Å². The third kappa shape index (κ3) is 3.23. The van der Waals surface area contributed by atoms with Gasteiger partial charge in [0.1, 0.15) is 49.3 Å². The highest BCUT2D eigenvalue weighted by atomic mass is 16.9. The molecule has 2 aliphatic heterocycles. The van der Waals surface area contributed by atoms with E-state index >= 15 is 0 Å². The van der Waals surface area contributed by atoms with Gasteiger partial charge < -0.3 is 55.1 Å². The van der Waals surface area contributed by atoms with Gasteiger partial charge in [0, 0.05) is 0 Å². The van der Waals surface area contributed by atoms with Crippen molar-refractivity contribution in [2.75, 3.05) is 19.8 Å². The first kappa shape index (κ1) is 18.9. The Hall–Kier alpha value is -0.440. The van der Waals surface area contributed by atoms with Gasteiger partial charge in [-0.05, 0) is 0 Å². The molecule has 2 saturated heterocycles. The van der Waals surface area contributed by atoms with Crippen LogP contribution in [0.2, 0.25) is 0 Å². The van der Waals surface area contributed by atoms with Crippen molar-refractivity contribution in [1.82, 2.24) is 0 Å². The summed E-state index contributed by atoms with van der Waals surface area (Å²) in [4.78, 5) is 0. The lowest BCUT2D eigenvalue weighted by Crippen LogP contribution is -2.62. The fraction of sp³-hybridized carbons (Fsp3) is 1.00. The van der Waals surface area contributed by atoms with E-state index in [0.717, 1.165) is 0 Å². The third-order valence-corrected chi connectivity index (χ3v) is 4.07. The zero-order valence-electron chi connectivity index (χ0n) is 12.0. The maximum Gasteiger partial charge on any atom is 0.224 e. The van der Waals surface area contributed by atoms with Crippen molar-refractivity contribution < 1.29 is 55.1 Å². The molecular weight excluding hydrogens is 321 g/mol. The third-order valence-electron chi connectivity index (χ3n) is 4.07. The fourth-order valence-electron chi connectivity index (χ4n) is 2.63. The molecule has 136 valence electrons. The molecule has 11 nitrogen and oxygen atoms in total. The molecule has 2 rings (SSSR count). The van der Waals surface area contributed by atoms with Gasteiger partial charge in [-0.15, -0.1) is 0 Å². The molecule has 0 amide bonds. The predicted octanol–water partition coefficient (Wildman–Crippen LogP) is -5.40. The van der Waals surface area contributed by atoms with Crippen LogP contribution in [0.4, 0.5) is 0 Å². The molecule has 2 heterocycles. The molecule has 11 heteroatoms. The standard InChI is InChI=1S/C12H22O11/c13-1-4-6(16)8(18)9(19)11(21-4)23-12(3-15)10(20)7(17)5(2-14)22-12/h4-11,13-20H,1-3H2/t4-,5-,6-,7-,8+,9-,10+,11-,12+/m1/s1/i11+1. The number of hydrogen-bond donors (Lipinski definition) is 8. The number of hydrogen-bond acceptors (Lipinski definition) is 11. The minimum atomic E-state index is -2.22. The van der Waals surface area contributed by atoms with Crippen molar-refractivity contribution in [3.8, 4) is 0 Å². The second-order valence-corrected chi connectivity index (χ2v) is 5.56. The highest BCUT2D eigenvalue weighted by Gasteiger charge is 2.58. The molecule has 2 fully saturated rings. The van der Waals surface area contributed by atoms with Crippen LogP contribution >= 0.6 is 0 Å². The summed E-state index contributed by atoms with van der Waals surface area (Å²) in [6.45, 7) is -2.32. The average molecular weight is 343 g/mol. The van der Waals surface area contributed by atoms with E-state index in [2.05, 4.69) is 0 Å². The van der Waals surface area contributed by atoms with E-state index in [1.54, 1.807) is 0 Å². The van der Waals surface area contributed by atoms with E-state index in [-0.39, 0.29) is 0 Å². The SMILES string of the molecule is OC[C@H]1O[C@@](CO)(O[13C@H]2O[C@H](CO)[C@@H](O)[C@H](O)[C@H]2O)[C@@H](O)[C@@H]1O. The minimum Gasteiger partial charge on any atom is -0.394 e. The van der Waals surface area contributed by atoms with Crippen LogP contribution in [0.1, 0.15) is 0 Å². The molecule has 23 heavy (non-hydrogen) atoms. The molecule has 0 aromatic rings. The Labute approximate surface area is 130 Å².